The molecule has 0 aromatic carbocycles. The zero-order chi connectivity index (χ0) is 25.8. The molecule has 0 bridgehead atoms. The van der Waals surface area contributed by atoms with E-state index in [2.05, 4.69) is 13.0 Å². The Bertz CT molecular complexity index is 959. The zero-order valence-electron chi connectivity index (χ0n) is 21.4. The quantitative estimate of drug-likeness (QED) is 0.233. The van der Waals surface area contributed by atoms with E-state index in [-0.39, 0.29) is 23.4 Å². The Morgan fingerprint density at radius 3 is 2.34 bits per heavy atom. The highest BCUT2D eigenvalue weighted by Crippen LogP contribution is 2.68. The minimum atomic E-state index is -1.52. The SMILES string of the molecule is CC(=O)OCC(=O)[C@@]1(OC(C)=O)[C@H](Cl)C[C@H]2[C@@H]3CC=C4C[C@@H](OC(C)=O)CC[C@]4(C)[C@H]3CC[C@@]21C. The monoisotopic (exact) mass is 508 g/mol. The Balaban J connectivity index is 1.66. The van der Waals surface area contributed by atoms with Gasteiger partial charge in [0.05, 0.1) is 5.38 Å². The number of fused-ring (bicyclic) bond motifs is 5. The lowest BCUT2D eigenvalue weighted by molar-refractivity contribution is -0.190. The molecule has 3 fully saturated rings. The van der Waals surface area contributed by atoms with Crippen LogP contribution in [0.1, 0.15) is 79.6 Å². The van der Waals surface area contributed by atoms with E-state index in [0.29, 0.717) is 24.7 Å². The summed E-state index contributed by atoms with van der Waals surface area (Å²) in [6.07, 6.45) is 7.83. The average molecular weight is 509 g/mol. The molecule has 8 atom stereocenters. The van der Waals surface area contributed by atoms with Crippen molar-refractivity contribution in [2.24, 2.45) is 28.6 Å². The van der Waals surface area contributed by atoms with Crippen LogP contribution in [0.5, 0.6) is 0 Å². The van der Waals surface area contributed by atoms with Crippen molar-refractivity contribution in [2.75, 3.05) is 6.61 Å². The van der Waals surface area contributed by atoms with Gasteiger partial charge in [0, 0.05) is 32.6 Å². The number of alkyl halides is 1. The van der Waals surface area contributed by atoms with Crippen molar-refractivity contribution in [3.05, 3.63) is 11.6 Å². The van der Waals surface area contributed by atoms with Crippen LogP contribution in [0.2, 0.25) is 0 Å². The maximum Gasteiger partial charge on any atom is 0.303 e. The summed E-state index contributed by atoms with van der Waals surface area (Å²) in [5.74, 6) is -0.991. The van der Waals surface area contributed by atoms with Crippen LogP contribution >= 0.6 is 11.6 Å². The van der Waals surface area contributed by atoms with Crippen LogP contribution in [-0.4, -0.2) is 47.4 Å². The molecule has 35 heavy (non-hydrogen) atoms. The van der Waals surface area contributed by atoms with Gasteiger partial charge in [0.15, 0.2) is 12.2 Å². The molecular formula is C27H37ClO7. The first-order valence-corrected chi connectivity index (χ1v) is 13.2. The largest absolute Gasteiger partial charge is 0.462 e. The molecule has 3 saturated carbocycles. The average Bonchev–Trinajstić information content (AvgIpc) is 2.99. The topological polar surface area (TPSA) is 96.0 Å². The summed E-state index contributed by atoms with van der Waals surface area (Å²) < 4.78 is 16.4. The summed E-state index contributed by atoms with van der Waals surface area (Å²) in [7, 11) is 0. The first-order chi connectivity index (χ1) is 16.3. The molecule has 0 spiro atoms. The van der Waals surface area contributed by atoms with E-state index in [1.807, 2.05) is 6.92 Å². The smallest absolute Gasteiger partial charge is 0.303 e. The van der Waals surface area contributed by atoms with Crippen molar-refractivity contribution in [2.45, 2.75) is 96.6 Å². The molecule has 8 heteroatoms. The van der Waals surface area contributed by atoms with Gasteiger partial charge in [-0.25, -0.2) is 0 Å². The molecule has 0 N–H and O–H groups in total. The number of Topliss-reactive ketones (excluding diaryl/α,β-unsaturated/α-hetero) is 1. The number of ketones is 1. The van der Waals surface area contributed by atoms with Gasteiger partial charge in [0.1, 0.15) is 6.10 Å². The summed E-state index contributed by atoms with van der Waals surface area (Å²) in [5.41, 5.74) is -0.793. The van der Waals surface area contributed by atoms with Crippen LogP contribution < -0.4 is 0 Å². The van der Waals surface area contributed by atoms with Gasteiger partial charge in [-0.3, -0.25) is 19.2 Å². The second kappa shape index (κ2) is 9.20. The minimum Gasteiger partial charge on any atom is -0.462 e. The van der Waals surface area contributed by atoms with Crippen LogP contribution in [-0.2, 0) is 33.4 Å². The Kier molecular flexibility index (Phi) is 6.88. The van der Waals surface area contributed by atoms with E-state index in [4.69, 9.17) is 25.8 Å². The highest BCUT2D eigenvalue weighted by molar-refractivity contribution is 6.24. The van der Waals surface area contributed by atoms with Gasteiger partial charge in [0.2, 0.25) is 5.78 Å². The van der Waals surface area contributed by atoms with Gasteiger partial charge >= 0.3 is 17.9 Å². The normalized spacial score (nSPS) is 42.0. The number of carbonyl (C=O) groups is 4. The van der Waals surface area contributed by atoms with E-state index in [1.54, 1.807) is 0 Å². The molecule has 0 unspecified atom stereocenters. The van der Waals surface area contributed by atoms with Crippen LogP contribution in [0.4, 0.5) is 0 Å². The fourth-order valence-electron chi connectivity index (χ4n) is 8.16. The molecule has 4 rings (SSSR count). The third kappa shape index (κ3) is 4.11. The van der Waals surface area contributed by atoms with Crippen molar-refractivity contribution < 1.29 is 33.4 Å². The Morgan fingerprint density at radius 2 is 1.71 bits per heavy atom. The molecular weight excluding hydrogens is 472 g/mol. The fraction of sp³-hybridized carbons (Fsp3) is 0.778. The van der Waals surface area contributed by atoms with E-state index in [9.17, 15) is 19.2 Å². The molecule has 4 aliphatic carbocycles. The number of carbonyl (C=O) groups excluding carboxylic acids is 4. The van der Waals surface area contributed by atoms with Gasteiger partial charge in [-0.15, -0.1) is 11.6 Å². The molecule has 4 aliphatic rings. The van der Waals surface area contributed by atoms with E-state index in [0.717, 1.165) is 32.1 Å². The van der Waals surface area contributed by atoms with E-state index < -0.39 is 40.7 Å². The molecule has 0 aromatic rings. The number of hydrogen-bond acceptors (Lipinski definition) is 7. The van der Waals surface area contributed by atoms with Gasteiger partial charge in [-0.2, -0.15) is 0 Å². The fourth-order valence-corrected chi connectivity index (χ4v) is 8.76. The Hall–Kier alpha value is -1.89. The third-order valence-electron chi connectivity index (χ3n) is 9.66. The summed E-state index contributed by atoms with van der Waals surface area (Å²) >= 11 is 6.92. The molecule has 0 radical (unpaired) electrons. The minimum absolute atomic E-state index is 0.0110. The lowest BCUT2D eigenvalue weighted by Crippen LogP contribution is -2.62. The predicted octanol–water partition coefficient (Wildman–Crippen LogP) is 4.53. The summed E-state index contributed by atoms with van der Waals surface area (Å²) in [6.45, 7) is 7.91. The van der Waals surface area contributed by atoms with Crippen LogP contribution in [0, 0.1) is 28.6 Å². The molecule has 7 nitrogen and oxygen atoms in total. The number of rotatable bonds is 5. The van der Waals surface area contributed by atoms with Crippen LogP contribution in [0.15, 0.2) is 11.6 Å². The van der Waals surface area contributed by atoms with E-state index >= 15 is 0 Å². The van der Waals surface area contributed by atoms with Crippen molar-refractivity contribution >= 4 is 35.3 Å². The molecule has 0 saturated heterocycles. The lowest BCUT2D eigenvalue weighted by Gasteiger charge is -2.59. The molecule has 0 aromatic heterocycles. The van der Waals surface area contributed by atoms with Gasteiger partial charge in [-0.05, 0) is 61.7 Å². The number of ether oxygens (including phenoxy) is 3. The molecule has 0 aliphatic heterocycles. The van der Waals surface area contributed by atoms with Crippen molar-refractivity contribution in [3.8, 4) is 0 Å². The first kappa shape index (κ1) is 26.2. The zero-order valence-corrected chi connectivity index (χ0v) is 22.1. The Morgan fingerprint density at radius 1 is 1.00 bits per heavy atom. The second-order valence-corrected chi connectivity index (χ2v) is 12.0. The lowest BCUT2D eigenvalue weighted by atomic mass is 9.46. The molecule has 0 heterocycles. The maximum atomic E-state index is 13.6. The molecule has 194 valence electrons. The Labute approximate surface area is 212 Å². The number of esters is 3. The van der Waals surface area contributed by atoms with Gasteiger partial charge < -0.3 is 14.2 Å². The van der Waals surface area contributed by atoms with Crippen LogP contribution in [0.25, 0.3) is 0 Å². The summed E-state index contributed by atoms with van der Waals surface area (Å²) in [4.78, 5) is 48.7. The highest BCUT2D eigenvalue weighted by atomic mass is 35.5. The summed E-state index contributed by atoms with van der Waals surface area (Å²) in [6, 6.07) is 0. The standard InChI is InChI=1S/C27H37ClO7/c1-15(29)33-14-24(32)27(35-17(3)31)23(28)13-22-20-7-6-18-12-19(34-16(2)30)8-10-25(18,4)21(20)9-11-26(22,27)5/h6,19-23H,7-14H2,1-5H3/t19-,20+,21-,22-,23+,25-,26-,27-/m0/s1. The number of allylic oxidation sites excluding steroid dienone is 1. The van der Waals surface area contributed by atoms with Crippen LogP contribution in [0.3, 0.4) is 0 Å². The number of hydrogen-bond donors (Lipinski definition) is 0. The first-order valence-electron chi connectivity index (χ1n) is 12.7. The third-order valence-corrected chi connectivity index (χ3v) is 10.1. The molecule has 0 amide bonds. The van der Waals surface area contributed by atoms with Crippen molar-refractivity contribution in [1.29, 1.82) is 0 Å². The number of halogens is 1. The highest BCUT2D eigenvalue weighted by Gasteiger charge is 2.72. The van der Waals surface area contributed by atoms with Gasteiger partial charge in [-0.1, -0.05) is 25.5 Å². The predicted molar refractivity (Wildman–Crippen MR) is 128 cm³/mol. The van der Waals surface area contributed by atoms with Crippen molar-refractivity contribution in [1.82, 2.24) is 0 Å². The maximum absolute atomic E-state index is 13.6. The van der Waals surface area contributed by atoms with Gasteiger partial charge in [0.25, 0.3) is 0 Å². The summed E-state index contributed by atoms with van der Waals surface area (Å²) in [5, 5.41) is -0.693. The van der Waals surface area contributed by atoms with Crippen molar-refractivity contribution in [3.63, 3.8) is 0 Å². The second-order valence-electron chi connectivity index (χ2n) is 11.4. The van der Waals surface area contributed by atoms with E-state index in [1.165, 1.54) is 26.3 Å².